The number of ether oxygens (including phenoxy) is 7. The molecule has 0 bridgehead atoms. The third-order valence-electron chi connectivity index (χ3n) is 11.5. The van der Waals surface area contributed by atoms with Gasteiger partial charge in [0.05, 0.1) is 52.9 Å². The van der Waals surface area contributed by atoms with Gasteiger partial charge in [0, 0.05) is 157 Å². The second-order valence-corrected chi connectivity index (χ2v) is 17.5. The van der Waals surface area contributed by atoms with Crippen molar-refractivity contribution in [1.82, 2.24) is 9.80 Å². The third kappa shape index (κ3) is 30.1. The molecule has 4 fully saturated rings. The van der Waals surface area contributed by atoms with Crippen LogP contribution >= 0.6 is 0 Å². The van der Waals surface area contributed by atoms with Gasteiger partial charge in [0.15, 0.2) is 17.7 Å². The summed E-state index contributed by atoms with van der Waals surface area (Å²) in [6, 6.07) is 0. The quantitative estimate of drug-likeness (QED) is 0.0954. The molecule has 391 valence electrons. The summed E-state index contributed by atoms with van der Waals surface area (Å²) in [5.41, 5.74) is 21.4. The number of nitrogens with zero attached hydrogens (tertiary/aromatic N) is 2. The van der Waals surface area contributed by atoms with Crippen molar-refractivity contribution in [2.45, 2.75) is 83.6 Å². The minimum atomic E-state index is -0.927. The zero-order valence-corrected chi connectivity index (χ0v) is 44.5. The molecular formula is C51H60B13N2O13. The van der Waals surface area contributed by atoms with Crippen molar-refractivity contribution >= 4 is 117 Å². The first-order valence-corrected chi connectivity index (χ1v) is 25.1. The molecular weight excluding hydrogens is 989 g/mol. The molecule has 28 heteroatoms. The second-order valence-electron chi connectivity index (χ2n) is 17.5. The van der Waals surface area contributed by atoms with E-state index in [1.54, 1.807) is 28.9 Å². The average Bonchev–Trinajstić information content (AvgIpc) is 4.09. The van der Waals surface area contributed by atoms with Crippen LogP contribution in [0.25, 0.3) is 0 Å². The normalized spacial score (nSPS) is 17.5. The summed E-state index contributed by atoms with van der Waals surface area (Å²) in [4.78, 5) is 48.9. The molecule has 0 aromatic heterocycles. The van der Waals surface area contributed by atoms with Crippen molar-refractivity contribution in [3.05, 3.63) is 107 Å². The van der Waals surface area contributed by atoms with Gasteiger partial charge in [0.1, 0.15) is 6.10 Å². The van der Waals surface area contributed by atoms with Gasteiger partial charge in [-0.2, -0.15) is 0 Å². The van der Waals surface area contributed by atoms with Crippen LogP contribution in [0.4, 0.5) is 0 Å². The van der Waals surface area contributed by atoms with E-state index in [0.29, 0.717) is 91.9 Å². The fraction of sp³-hybridized carbons (Fsp3) is 0.490. The van der Waals surface area contributed by atoms with Gasteiger partial charge >= 0.3 is 11.9 Å². The number of carboxylic acids is 1. The van der Waals surface area contributed by atoms with Crippen LogP contribution in [0.5, 0.6) is 0 Å². The van der Waals surface area contributed by atoms with Crippen LogP contribution in [0.1, 0.15) is 59.8 Å². The molecule has 2 N–H and O–H groups in total. The zero-order valence-electron chi connectivity index (χ0n) is 44.5. The summed E-state index contributed by atoms with van der Waals surface area (Å²) in [6.45, 7) is 16.6. The van der Waals surface area contributed by atoms with Crippen LogP contribution < -0.4 is 0 Å². The Morgan fingerprint density at radius 3 is 1.43 bits per heavy atom. The Morgan fingerprint density at radius 2 is 1.08 bits per heavy atom. The van der Waals surface area contributed by atoms with E-state index in [4.69, 9.17) is 97.5 Å². The van der Waals surface area contributed by atoms with Crippen LogP contribution in [0, 0.1) is 23.7 Å². The van der Waals surface area contributed by atoms with Crippen LogP contribution in [0.2, 0.25) is 0 Å². The number of morpholine rings is 2. The van der Waals surface area contributed by atoms with E-state index in [-0.39, 0.29) is 25.6 Å². The van der Waals surface area contributed by atoms with Crippen molar-refractivity contribution in [2.75, 3.05) is 79.0 Å². The number of aliphatic hydroxyl groups is 1. The Labute approximate surface area is 480 Å². The highest BCUT2D eigenvalue weighted by molar-refractivity contribution is 8.07. The van der Waals surface area contributed by atoms with E-state index in [0.717, 1.165) is 42.9 Å². The van der Waals surface area contributed by atoms with Gasteiger partial charge in [0.25, 0.3) is 11.8 Å². The molecule has 2 atom stereocenters. The summed E-state index contributed by atoms with van der Waals surface area (Å²) >= 11 is 0. The molecule has 4 saturated heterocycles. The Bertz CT molecular complexity index is 2490. The fourth-order valence-corrected chi connectivity index (χ4v) is 7.75. The topological polar surface area (TPSA) is 180 Å². The lowest BCUT2D eigenvalue weighted by molar-refractivity contribution is -0.162. The van der Waals surface area contributed by atoms with E-state index in [9.17, 15) is 19.2 Å². The molecule has 4 aliphatic heterocycles. The predicted molar refractivity (Wildman–Crippen MR) is 318 cm³/mol. The molecule has 2 spiro atoms. The smallest absolute Gasteiger partial charge is 0.331 e. The van der Waals surface area contributed by atoms with Gasteiger partial charge in [-0.1, -0.05) is 49.1 Å². The molecule has 6 aliphatic rings. The Hall–Kier alpha value is -5.50. The number of aliphatic carboxylic acids is 1. The molecule has 2 aliphatic carbocycles. The summed E-state index contributed by atoms with van der Waals surface area (Å²) < 4.78 is 38.1. The first-order valence-electron chi connectivity index (χ1n) is 25.1. The first-order chi connectivity index (χ1) is 37.3. The molecule has 79 heavy (non-hydrogen) atoms. The lowest BCUT2D eigenvalue weighted by Gasteiger charge is -2.31. The Balaban J connectivity index is 0.000000520. The van der Waals surface area contributed by atoms with Crippen LogP contribution in [0.3, 0.4) is 0 Å². The van der Waals surface area contributed by atoms with Crippen molar-refractivity contribution < 1.29 is 62.5 Å². The summed E-state index contributed by atoms with van der Waals surface area (Å²) in [7, 11) is 39.5. The molecule has 15 nitrogen and oxygen atoms in total. The number of carboxylic acid groups (broad SMARTS) is 1. The second kappa shape index (κ2) is 40.6. The number of aliphatic hydroxyl groups excluding tert-OH is 1. The zero-order chi connectivity index (χ0) is 57.8. The summed E-state index contributed by atoms with van der Waals surface area (Å²) in [6.07, 6.45) is 10.4. The maximum absolute atomic E-state index is 12.0. The van der Waals surface area contributed by atoms with Crippen molar-refractivity contribution in [2.24, 2.45) is 0 Å². The highest BCUT2D eigenvalue weighted by atomic mass is 16.7. The van der Waals surface area contributed by atoms with Crippen LogP contribution in [-0.4, -0.2) is 240 Å². The highest BCUT2D eigenvalue weighted by Crippen LogP contribution is 2.37. The SMILES string of the molecule is C.C=C=C=C=C=C=C=C=C=C.C[C@@H](O)C#CC(=O)N1CCOCC1.C[C@H](C#CC(=O)N1CCOCC1)OC(=O)/C=C/C1=CCCC2(C1)OCCO2.O=C(O)/C=C/C1=CCCC2(C1)OCCO2.[B][B]B(B([B])[B])B(B([B])[B])B([B])[B]. The molecule has 0 aromatic rings. The van der Waals surface area contributed by atoms with E-state index >= 15 is 0 Å². The molecule has 4 heterocycles. The van der Waals surface area contributed by atoms with Crippen molar-refractivity contribution in [3.8, 4) is 23.7 Å². The first kappa shape index (κ1) is 71.5. The van der Waals surface area contributed by atoms with E-state index in [2.05, 4.69) is 88.8 Å². The van der Waals surface area contributed by atoms with E-state index in [1.807, 2.05) is 6.08 Å². The number of hydrogen-bond acceptors (Lipinski definition) is 12. The largest absolute Gasteiger partial charge is 0.478 e. The van der Waals surface area contributed by atoms with Crippen LogP contribution in [-0.2, 0) is 52.3 Å². The lowest BCUT2D eigenvalue weighted by Crippen LogP contribution is -2.69. The van der Waals surface area contributed by atoms with E-state index < -0.39 is 61.3 Å². The molecule has 0 saturated carbocycles. The minimum Gasteiger partial charge on any atom is -0.478 e. The number of rotatable bonds is 10. The Morgan fingerprint density at radius 1 is 0.671 bits per heavy atom. The van der Waals surface area contributed by atoms with Gasteiger partial charge in [-0.25, -0.2) is 9.59 Å². The maximum atomic E-state index is 12.0. The average molecular weight is 1050 g/mol. The van der Waals surface area contributed by atoms with Crippen molar-refractivity contribution in [1.29, 1.82) is 0 Å². The highest BCUT2D eigenvalue weighted by Gasteiger charge is 2.39. The predicted octanol–water partition coefficient (Wildman–Crippen LogP) is -0.371. The fourth-order valence-electron chi connectivity index (χ4n) is 7.75. The third-order valence-corrected chi connectivity index (χ3v) is 11.5. The van der Waals surface area contributed by atoms with Gasteiger partial charge in [-0.05, 0) is 103 Å². The number of esters is 1. The summed E-state index contributed by atoms with van der Waals surface area (Å²) in [5, 5.41) is 17.4. The molecule has 15 radical (unpaired) electrons. The Kier molecular flexibility index (Phi) is 36.8. The van der Waals surface area contributed by atoms with Crippen molar-refractivity contribution in [3.63, 3.8) is 0 Å². The minimum absolute atomic E-state index is 0. The lowest BCUT2D eigenvalue weighted by atomic mass is 8.50. The van der Waals surface area contributed by atoms with Crippen LogP contribution in [0.15, 0.2) is 107 Å². The number of allylic oxidation sites excluding steroid dienone is 4. The van der Waals surface area contributed by atoms with Gasteiger partial charge < -0.3 is 53.2 Å². The van der Waals surface area contributed by atoms with Gasteiger partial charge in [-0.3, -0.25) is 9.59 Å². The monoisotopic (exact) mass is 1050 g/mol. The summed E-state index contributed by atoms with van der Waals surface area (Å²) in [5.74, 6) is 7.07. The molecule has 0 aromatic carbocycles. The maximum Gasteiger partial charge on any atom is 0.331 e. The number of hydrogen-bond donors (Lipinski definition) is 2. The van der Waals surface area contributed by atoms with Gasteiger partial charge in [0.2, 0.25) is 0 Å². The van der Waals surface area contributed by atoms with E-state index in [1.165, 1.54) is 20.1 Å². The number of amides is 2. The standard InChI is InChI=1S/C20H25NO6.C11H14O4.C10H4.C9H13NO3.CH4.B13/c1-16(4-6-18(22)21-9-11-24-12-10-21)27-19(23)7-5-17-3-2-8-20(15-17)25-13-14-26-20;12-10(13)4-3-9-2-1-5-11(8-9)14-6-7-15-11;1-3-5-7-9-10-8-6-4-2;1-8(11)2-3-9(12)10-4-6-13-7-5-10;;1-8-12(9(2)3)13(10(4)5)11(6)7/h3,5,7,16H,2,8-15H2,1H3;2-4H,1,5-8H2,(H,12,13);1-2H2;8,11H,4-7H2,1H3;1H4;/b7-5+;4-3+;;;;/t16-;;;8-;;/m1..1../s1. The molecule has 2 amide bonds. The molecule has 6 rings (SSSR count). The van der Waals surface area contributed by atoms with Gasteiger partial charge in [-0.15, -0.1) is 0 Å². The number of carbonyl (C=O) groups is 4. The molecule has 0 unspecified atom stereocenters. The number of carbonyl (C=O) groups excluding carboxylic acids is 3.